The first-order valence-electron chi connectivity index (χ1n) is 10.5. The summed E-state index contributed by atoms with van der Waals surface area (Å²) < 4.78 is 20.6. The van der Waals surface area contributed by atoms with Gasteiger partial charge in [-0.1, -0.05) is 32.5 Å². The van der Waals surface area contributed by atoms with E-state index in [0.717, 1.165) is 0 Å². The van der Waals surface area contributed by atoms with Gasteiger partial charge in [0.25, 0.3) is 0 Å². The van der Waals surface area contributed by atoms with Crippen LogP contribution in [0.3, 0.4) is 0 Å². The van der Waals surface area contributed by atoms with Crippen molar-refractivity contribution in [1.29, 1.82) is 0 Å². The molecule has 1 heterocycles. The Hall–Kier alpha value is -3.21. The average Bonchev–Trinajstić information content (AvgIpc) is 3.14. The van der Waals surface area contributed by atoms with E-state index < -0.39 is 17.4 Å². The molecule has 0 radical (unpaired) electrons. The third kappa shape index (κ3) is 6.89. The number of esters is 2. The summed E-state index contributed by atoms with van der Waals surface area (Å²) in [6.07, 6.45) is 1.60. The molecule has 2 rings (SSSR count). The van der Waals surface area contributed by atoms with E-state index in [4.69, 9.17) is 14.2 Å². The normalized spacial score (nSPS) is 14.7. The highest BCUT2D eigenvalue weighted by molar-refractivity contribution is 8.04. The second-order valence-electron chi connectivity index (χ2n) is 8.29. The van der Waals surface area contributed by atoms with Crippen molar-refractivity contribution in [2.45, 2.75) is 27.2 Å². The molecule has 2 amide bonds. The van der Waals surface area contributed by atoms with E-state index in [0.29, 0.717) is 22.9 Å². The minimum absolute atomic E-state index is 0.0137. The molecule has 0 unspecified atom stereocenters. The number of ether oxygens (including phenoxy) is 4. The molecule has 1 N–H and O–H groups in total. The lowest BCUT2D eigenvalue weighted by molar-refractivity contribution is -0.135. The molecule has 0 spiro atoms. The van der Waals surface area contributed by atoms with Gasteiger partial charge in [0.1, 0.15) is 0 Å². The van der Waals surface area contributed by atoms with Gasteiger partial charge in [-0.25, -0.2) is 9.59 Å². The Morgan fingerprint density at radius 1 is 1.12 bits per heavy atom. The van der Waals surface area contributed by atoms with Crippen molar-refractivity contribution >= 4 is 41.2 Å². The van der Waals surface area contributed by atoms with Crippen LogP contribution in [-0.2, 0) is 23.9 Å². The molecule has 1 aromatic rings. The lowest BCUT2D eigenvalue weighted by Gasteiger charge is -2.20. The largest absolute Gasteiger partial charge is 0.493 e. The lowest BCUT2D eigenvalue weighted by Crippen LogP contribution is -2.29. The number of rotatable bonds is 9. The number of anilines is 1. The minimum Gasteiger partial charge on any atom is -0.493 e. The number of nitrogens with one attached hydrogen (secondary N) is 1. The lowest BCUT2D eigenvalue weighted by atomic mass is 9.95. The number of carbonyl (C=O) groups excluding carboxylic acids is 4. The molecule has 1 aliphatic rings. The van der Waals surface area contributed by atoms with Crippen LogP contribution in [0.4, 0.5) is 5.69 Å². The van der Waals surface area contributed by atoms with Gasteiger partial charge in [-0.3, -0.25) is 9.59 Å². The van der Waals surface area contributed by atoms with Gasteiger partial charge in [0.05, 0.1) is 56.0 Å². The molecule has 0 aliphatic carbocycles. The minimum atomic E-state index is -0.690. The second kappa shape index (κ2) is 11.8. The zero-order valence-corrected chi connectivity index (χ0v) is 21.0. The van der Waals surface area contributed by atoms with E-state index in [1.165, 1.54) is 56.2 Å². The number of hydrogen-bond acceptors (Lipinski definition) is 9. The van der Waals surface area contributed by atoms with Gasteiger partial charge in [0.15, 0.2) is 11.5 Å². The predicted octanol–water partition coefficient (Wildman–Crippen LogP) is 2.83. The molecule has 1 saturated heterocycles. The molecule has 11 heteroatoms. The van der Waals surface area contributed by atoms with Gasteiger partial charge in [-0.15, -0.1) is 0 Å². The van der Waals surface area contributed by atoms with Crippen LogP contribution < -0.4 is 14.8 Å². The summed E-state index contributed by atoms with van der Waals surface area (Å²) in [5.41, 5.74) is -0.351. The molecular weight excluding hydrogens is 464 g/mol. The van der Waals surface area contributed by atoms with E-state index in [2.05, 4.69) is 10.1 Å². The van der Waals surface area contributed by atoms with Crippen molar-refractivity contribution in [3.63, 3.8) is 0 Å². The Kier molecular flexibility index (Phi) is 9.36. The molecule has 186 valence electrons. The molecule has 0 aromatic heterocycles. The van der Waals surface area contributed by atoms with Gasteiger partial charge in [0, 0.05) is 24.1 Å². The van der Waals surface area contributed by atoms with E-state index in [1.54, 1.807) is 20.8 Å². The summed E-state index contributed by atoms with van der Waals surface area (Å²) in [5, 5.41) is 3.24. The quantitative estimate of drug-likeness (QED) is 0.314. The van der Waals surface area contributed by atoms with Crippen molar-refractivity contribution < 1.29 is 38.1 Å². The number of benzene rings is 1. The third-order valence-corrected chi connectivity index (χ3v) is 5.81. The number of amides is 2. The number of carbonyl (C=O) groups is 4. The first kappa shape index (κ1) is 27.0. The van der Waals surface area contributed by atoms with Crippen LogP contribution in [0.1, 0.15) is 37.6 Å². The Bertz CT molecular complexity index is 984. The van der Waals surface area contributed by atoms with Gasteiger partial charge < -0.3 is 29.2 Å². The van der Waals surface area contributed by atoms with Crippen molar-refractivity contribution in [3.8, 4) is 11.5 Å². The van der Waals surface area contributed by atoms with Crippen LogP contribution in [0.5, 0.6) is 11.5 Å². The van der Waals surface area contributed by atoms with Crippen molar-refractivity contribution in [3.05, 3.63) is 28.8 Å². The number of hydrogen-bond donors (Lipinski definition) is 1. The van der Waals surface area contributed by atoms with Crippen LogP contribution in [0.25, 0.3) is 0 Å². The summed E-state index contributed by atoms with van der Waals surface area (Å²) in [6, 6.07) is 2.94. The highest BCUT2D eigenvalue weighted by atomic mass is 32.2. The van der Waals surface area contributed by atoms with Gasteiger partial charge in [-0.05, 0) is 6.42 Å². The predicted molar refractivity (Wildman–Crippen MR) is 127 cm³/mol. The maximum atomic E-state index is 12.8. The van der Waals surface area contributed by atoms with E-state index in [-0.39, 0.29) is 42.0 Å². The number of thioether (sulfide) groups is 1. The monoisotopic (exact) mass is 494 g/mol. The molecule has 0 atom stereocenters. The fourth-order valence-electron chi connectivity index (χ4n) is 2.86. The van der Waals surface area contributed by atoms with Crippen LogP contribution in [0.15, 0.2) is 23.2 Å². The Balaban J connectivity index is 2.11. The maximum Gasteiger partial charge on any atom is 0.340 e. The van der Waals surface area contributed by atoms with Gasteiger partial charge in [0.2, 0.25) is 11.8 Å². The molecule has 1 fully saturated rings. The van der Waals surface area contributed by atoms with Crippen molar-refractivity contribution in [1.82, 2.24) is 4.90 Å². The molecule has 0 bridgehead atoms. The SMILES string of the molecule is COC(=O)/C=C1/SCC(=O)N1CCCOC(=O)c1cc(OC)c(OC)cc1NC(=O)C(C)(C)C. The third-order valence-electron chi connectivity index (χ3n) is 4.79. The van der Waals surface area contributed by atoms with Crippen LogP contribution in [-0.4, -0.2) is 68.9 Å². The first-order chi connectivity index (χ1) is 16.0. The van der Waals surface area contributed by atoms with Crippen molar-refractivity contribution in [2.75, 3.05) is 45.6 Å². The topological polar surface area (TPSA) is 120 Å². The number of methoxy groups -OCH3 is 3. The Morgan fingerprint density at radius 3 is 2.35 bits per heavy atom. The summed E-state index contributed by atoms with van der Waals surface area (Å²) in [6.45, 7) is 5.53. The second-order valence-corrected chi connectivity index (χ2v) is 9.28. The molecule has 10 nitrogen and oxygen atoms in total. The smallest absolute Gasteiger partial charge is 0.340 e. The van der Waals surface area contributed by atoms with E-state index >= 15 is 0 Å². The molecule has 1 aromatic carbocycles. The molecular formula is C23H30N2O8S. The van der Waals surface area contributed by atoms with Crippen LogP contribution >= 0.6 is 11.8 Å². The van der Waals surface area contributed by atoms with Crippen LogP contribution in [0.2, 0.25) is 0 Å². The first-order valence-corrected chi connectivity index (χ1v) is 11.5. The summed E-state index contributed by atoms with van der Waals surface area (Å²) in [5.74, 6) is -0.768. The van der Waals surface area contributed by atoms with Crippen molar-refractivity contribution in [2.24, 2.45) is 5.41 Å². The molecule has 1 aliphatic heterocycles. The highest BCUT2D eigenvalue weighted by Crippen LogP contribution is 2.35. The van der Waals surface area contributed by atoms with Gasteiger partial charge in [-0.2, -0.15) is 0 Å². The molecule has 0 saturated carbocycles. The van der Waals surface area contributed by atoms with E-state index in [1.807, 2.05) is 0 Å². The average molecular weight is 495 g/mol. The van der Waals surface area contributed by atoms with Crippen LogP contribution in [0, 0.1) is 5.41 Å². The Morgan fingerprint density at radius 2 is 1.76 bits per heavy atom. The fraction of sp³-hybridized carbons (Fsp3) is 0.478. The van der Waals surface area contributed by atoms with E-state index in [9.17, 15) is 19.2 Å². The molecule has 34 heavy (non-hydrogen) atoms. The highest BCUT2D eigenvalue weighted by Gasteiger charge is 2.28. The summed E-state index contributed by atoms with van der Waals surface area (Å²) >= 11 is 1.24. The standard InChI is InChI=1S/C23H30N2O8S/c1-23(2,3)22(29)24-15-11-17(31-5)16(30-4)10-14(15)21(28)33-9-7-8-25-18(26)13-34-19(25)12-20(27)32-6/h10-12H,7-9,13H2,1-6H3,(H,24,29)/b19-12+. The van der Waals surface area contributed by atoms with Gasteiger partial charge >= 0.3 is 11.9 Å². The fourth-order valence-corrected chi connectivity index (χ4v) is 3.81. The zero-order chi connectivity index (χ0) is 25.5. The maximum absolute atomic E-state index is 12.8. The summed E-state index contributed by atoms with van der Waals surface area (Å²) in [7, 11) is 4.15. The summed E-state index contributed by atoms with van der Waals surface area (Å²) in [4.78, 5) is 50.4. The number of nitrogens with zero attached hydrogens (tertiary/aromatic N) is 1. The Labute approximate surface area is 202 Å². The zero-order valence-electron chi connectivity index (χ0n) is 20.2.